The highest BCUT2D eigenvalue weighted by Gasteiger charge is 2.50. The number of hydrogen-bond donors (Lipinski definition) is 3. The van der Waals surface area contributed by atoms with E-state index in [1.165, 1.54) is 6.92 Å². The molecule has 1 fully saturated rings. The summed E-state index contributed by atoms with van der Waals surface area (Å²) in [5.41, 5.74) is -0.768. The third-order valence-corrected chi connectivity index (χ3v) is 4.71. The summed E-state index contributed by atoms with van der Waals surface area (Å²) in [7, 11) is 0. The number of carbonyl (C=O) groups is 3. The van der Waals surface area contributed by atoms with E-state index in [0.29, 0.717) is 18.5 Å². The fourth-order valence-electron chi connectivity index (χ4n) is 3.49. The molecule has 3 rings (SSSR count). The van der Waals surface area contributed by atoms with Crippen molar-refractivity contribution >= 4 is 23.4 Å². The molecule has 2 heterocycles. The fourth-order valence-corrected chi connectivity index (χ4v) is 3.49. The summed E-state index contributed by atoms with van der Waals surface area (Å²) in [6, 6.07) is 2.22. The van der Waals surface area contributed by atoms with Gasteiger partial charge in [0.2, 0.25) is 0 Å². The number of Topliss-reactive ketones (excluding diaryl/α,β-unsaturated/α-hetero) is 1. The summed E-state index contributed by atoms with van der Waals surface area (Å²) in [4.78, 5) is 36.3. The summed E-state index contributed by atoms with van der Waals surface area (Å²) in [5, 5.41) is 21.5. The van der Waals surface area contributed by atoms with E-state index in [2.05, 4.69) is 5.32 Å². The third kappa shape index (κ3) is 2.15. The van der Waals surface area contributed by atoms with Crippen molar-refractivity contribution in [2.75, 3.05) is 0 Å². The van der Waals surface area contributed by atoms with Gasteiger partial charge in [0.25, 0.3) is 5.91 Å². The Morgan fingerprint density at radius 2 is 2.00 bits per heavy atom. The molecule has 3 N–H and O–H groups in total. The molecule has 23 heavy (non-hydrogen) atoms. The van der Waals surface area contributed by atoms with Crippen molar-refractivity contribution in [1.29, 1.82) is 0 Å². The minimum Gasteiger partial charge on any atom is -0.505 e. The Kier molecular flexibility index (Phi) is 3.50. The molecule has 0 aromatic carbocycles. The molecule has 1 spiro atoms. The summed E-state index contributed by atoms with van der Waals surface area (Å²) >= 11 is 0. The van der Waals surface area contributed by atoms with Gasteiger partial charge in [0.15, 0.2) is 11.5 Å². The van der Waals surface area contributed by atoms with Gasteiger partial charge in [0, 0.05) is 6.20 Å². The van der Waals surface area contributed by atoms with E-state index in [1.807, 2.05) is 0 Å². The number of aliphatic carboxylic acids is 1. The summed E-state index contributed by atoms with van der Waals surface area (Å²) in [6.07, 6.45) is 4.68. The maximum atomic E-state index is 13.0. The van der Waals surface area contributed by atoms with Crippen molar-refractivity contribution in [2.45, 2.75) is 44.2 Å². The van der Waals surface area contributed by atoms with Gasteiger partial charge in [-0.2, -0.15) is 0 Å². The van der Waals surface area contributed by atoms with Crippen LogP contribution in [0.25, 0.3) is 5.76 Å². The number of rotatable bonds is 3. The summed E-state index contributed by atoms with van der Waals surface area (Å²) in [5.74, 6) is -2.89. The Morgan fingerprint density at radius 1 is 1.35 bits per heavy atom. The van der Waals surface area contributed by atoms with Crippen LogP contribution in [-0.2, 0) is 19.9 Å². The number of amides is 1. The first-order valence-electron chi connectivity index (χ1n) is 7.58. The lowest BCUT2D eigenvalue weighted by atomic mass is 9.82. The molecule has 1 aliphatic carbocycles. The van der Waals surface area contributed by atoms with Gasteiger partial charge in [-0.1, -0.05) is 12.8 Å². The molecule has 122 valence electrons. The molecule has 7 nitrogen and oxygen atoms in total. The summed E-state index contributed by atoms with van der Waals surface area (Å²) < 4.78 is 1.75. The van der Waals surface area contributed by atoms with Crippen LogP contribution < -0.4 is 5.32 Å². The Balaban J connectivity index is 2.06. The molecule has 0 saturated heterocycles. The van der Waals surface area contributed by atoms with Crippen LogP contribution in [0.15, 0.2) is 23.9 Å². The van der Waals surface area contributed by atoms with E-state index in [0.717, 1.165) is 12.8 Å². The minimum absolute atomic E-state index is 0.341. The van der Waals surface area contributed by atoms with E-state index in [9.17, 15) is 19.5 Å². The number of aliphatic hydroxyl groups is 1. The number of nitrogens with zero attached hydrogens (tertiary/aromatic N) is 1. The van der Waals surface area contributed by atoms with Crippen LogP contribution in [0.2, 0.25) is 0 Å². The van der Waals surface area contributed by atoms with Crippen molar-refractivity contribution in [3.63, 3.8) is 0 Å². The molecule has 0 bridgehead atoms. The number of carboxylic acids is 1. The number of carboxylic acid groups (broad SMARTS) is 1. The van der Waals surface area contributed by atoms with E-state index in [-0.39, 0.29) is 5.57 Å². The van der Waals surface area contributed by atoms with Crippen LogP contribution in [-0.4, -0.2) is 38.5 Å². The van der Waals surface area contributed by atoms with Gasteiger partial charge >= 0.3 is 5.97 Å². The van der Waals surface area contributed by atoms with Crippen LogP contribution >= 0.6 is 0 Å². The van der Waals surface area contributed by atoms with Crippen LogP contribution in [0.1, 0.15) is 38.3 Å². The van der Waals surface area contributed by atoms with Gasteiger partial charge in [-0.05, 0) is 31.9 Å². The fraction of sp³-hybridized carbons (Fsp3) is 0.438. The molecule has 7 heteroatoms. The number of ketones is 1. The van der Waals surface area contributed by atoms with E-state index < -0.39 is 35.0 Å². The second-order valence-electron chi connectivity index (χ2n) is 6.09. The quantitative estimate of drug-likeness (QED) is 0.726. The normalized spacial score (nSPS) is 20.5. The highest BCUT2D eigenvalue weighted by atomic mass is 16.4. The maximum Gasteiger partial charge on any atom is 0.325 e. The smallest absolute Gasteiger partial charge is 0.325 e. The number of nitrogens with one attached hydrogen (secondary N) is 1. The number of carbonyl (C=O) groups excluding carboxylic acids is 2. The first-order valence-corrected chi connectivity index (χ1v) is 7.58. The first-order chi connectivity index (χ1) is 10.9. The number of aromatic nitrogens is 1. The van der Waals surface area contributed by atoms with E-state index in [1.54, 1.807) is 22.9 Å². The average Bonchev–Trinajstić information content (AvgIpc) is 3.15. The number of aliphatic hydroxyl groups excluding tert-OH is 1. The first kappa shape index (κ1) is 15.3. The lowest BCUT2D eigenvalue weighted by Gasteiger charge is -2.35. The molecule has 2 aliphatic rings. The second-order valence-corrected chi connectivity index (χ2v) is 6.09. The lowest BCUT2D eigenvalue weighted by molar-refractivity contribution is -0.141. The lowest BCUT2D eigenvalue weighted by Crippen LogP contribution is -2.49. The molecule has 0 radical (unpaired) electrons. The second kappa shape index (κ2) is 5.26. The van der Waals surface area contributed by atoms with Crippen LogP contribution in [0, 0.1) is 0 Å². The molecule has 1 aromatic heterocycles. The topological polar surface area (TPSA) is 109 Å². The average molecular weight is 318 g/mol. The SMILES string of the molecule is CC(NC(=O)C1=C(O)c2cccn2C2(CCCC2)C1=O)C(=O)O. The largest absolute Gasteiger partial charge is 0.505 e. The van der Waals surface area contributed by atoms with Gasteiger partial charge in [0.05, 0.1) is 5.69 Å². The minimum atomic E-state index is -1.21. The molecule has 1 unspecified atom stereocenters. The Bertz CT molecular complexity index is 725. The highest BCUT2D eigenvalue weighted by Crippen LogP contribution is 2.44. The zero-order valence-corrected chi connectivity index (χ0v) is 12.7. The van der Waals surface area contributed by atoms with Gasteiger partial charge in [0.1, 0.15) is 17.2 Å². The van der Waals surface area contributed by atoms with Gasteiger partial charge < -0.3 is 20.1 Å². The molecule has 1 aromatic rings. The number of fused-ring (bicyclic) bond motifs is 2. The van der Waals surface area contributed by atoms with Crippen LogP contribution in [0.5, 0.6) is 0 Å². The van der Waals surface area contributed by atoms with Crippen molar-refractivity contribution < 1.29 is 24.6 Å². The molecule has 1 atom stereocenters. The molecule has 1 amide bonds. The predicted molar refractivity (Wildman–Crippen MR) is 80.7 cm³/mol. The zero-order chi connectivity index (χ0) is 16.8. The molecular weight excluding hydrogens is 300 g/mol. The standard InChI is InChI=1S/C16H18N2O5/c1-9(15(22)23)17-14(21)11-12(19)10-5-4-8-18(10)16(13(11)20)6-2-3-7-16/h4-5,8-9,19H,2-3,6-7H2,1H3,(H,17,21)(H,22,23). The van der Waals surface area contributed by atoms with Gasteiger partial charge in [-0.15, -0.1) is 0 Å². The monoisotopic (exact) mass is 318 g/mol. The summed E-state index contributed by atoms with van der Waals surface area (Å²) in [6.45, 7) is 1.30. The van der Waals surface area contributed by atoms with E-state index in [4.69, 9.17) is 5.11 Å². The predicted octanol–water partition coefficient (Wildman–Crippen LogP) is 1.20. The van der Waals surface area contributed by atoms with Gasteiger partial charge in [-0.25, -0.2) is 0 Å². The molecule has 1 saturated carbocycles. The highest BCUT2D eigenvalue weighted by molar-refractivity contribution is 6.27. The van der Waals surface area contributed by atoms with Crippen molar-refractivity contribution in [3.05, 3.63) is 29.6 Å². The zero-order valence-electron chi connectivity index (χ0n) is 12.7. The Morgan fingerprint density at radius 3 is 2.61 bits per heavy atom. The van der Waals surface area contributed by atoms with Gasteiger partial charge in [-0.3, -0.25) is 14.4 Å². The Labute approximate surface area is 132 Å². The van der Waals surface area contributed by atoms with Crippen LogP contribution in [0.3, 0.4) is 0 Å². The maximum absolute atomic E-state index is 13.0. The van der Waals surface area contributed by atoms with Crippen LogP contribution in [0.4, 0.5) is 0 Å². The van der Waals surface area contributed by atoms with E-state index >= 15 is 0 Å². The molecular formula is C16H18N2O5. The molecule has 1 aliphatic heterocycles. The van der Waals surface area contributed by atoms with Crippen molar-refractivity contribution in [3.8, 4) is 0 Å². The van der Waals surface area contributed by atoms with Crippen molar-refractivity contribution in [1.82, 2.24) is 9.88 Å². The third-order valence-electron chi connectivity index (χ3n) is 4.71. The van der Waals surface area contributed by atoms with Crippen molar-refractivity contribution in [2.24, 2.45) is 0 Å². The number of hydrogen-bond acceptors (Lipinski definition) is 4. The Hall–Kier alpha value is -2.57.